The third-order valence-corrected chi connectivity index (χ3v) is 8.08. The van der Waals surface area contributed by atoms with Crippen LogP contribution in [0.3, 0.4) is 0 Å². The molecule has 3 atom stereocenters. The number of aliphatic hydroxyl groups excluding tert-OH is 1. The maximum Gasteiger partial charge on any atom is 0.136 e. The monoisotopic (exact) mass is 426 g/mol. The molecule has 0 rings (SSSR count). The molecule has 3 unspecified atom stereocenters. The van der Waals surface area contributed by atoms with E-state index < -0.39 is 13.7 Å². The molecule has 0 aromatic carbocycles. The Morgan fingerprint density at radius 1 is 0.963 bits per heavy atom. The molecule has 0 radical (unpaired) electrons. The van der Waals surface area contributed by atoms with Crippen molar-refractivity contribution in [3.63, 3.8) is 0 Å². The van der Waals surface area contributed by atoms with Gasteiger partial charge in [-0.1, -0.05) is 64.7 Å². The summed E-state index contributed by atoms with van der Waals surface area (Å²) in [7, 11) is -4.16. The lowest BCUT2D eigenvalue weighted by Gasteiger charge is -2.16. The molecule has 0 aliphatic carbocycles. The Balaban J connectivity index is 3.48. The van der Waals surface area contributed by atoms with Crippen molar-refractivity contribution >= 4 is 18.5 Å². The van der Waals surface area contributed by atoms with Gasteiger partial charge in [-0.25, -0.2) is 0 Å². The summed E-state index contributed by atoms with van der Waals surface area (Å²) in [6, 6.07) is 0. The molecule has 0 bridgehead atoms. The molecule has 0 aliphatic rings. The summed E-state index contributed by atoms with van der Waals surface area (Å²) in [5.74, 6) is 2.31. The van der Waals surface area contributed by atoms with Crippen LogP contribution in [-0.4, -0.2) is 52.7 Å². The smallest absolute Gasteiger partial charge is 0.136 e. The lowest BCUT2D eigenvalue weighted by Crippen LogP contribution is -2.29. The van der Waals surface area contributed by atoms with E-state index in [2.05, 4.69) is 13.8 Å². The molecular formula is C20H43O5PS. The maximum atomic E-state index is 10.8. The first-order chi connectivity index (χ1) is 12.9. The molecule has 0 fully saturated rings. The second-order valence-corrected chi connectivity index (χ2v) is 11.7. The minimum absolute atomic E-state index is 0.0135. The quantitative estimate of drug-likeness (QED) is 0.175. The number of aliphatic hydroxyl groups is 1. The van der Waals surface area contributed by atoms with E-state index in [1.807, 2.05) is 0 Å². The fraction of sp³-hybridized carbons (Fsp3) is 1.00. The van der Waals surface area contributed by atoms with Gasteiger partial charge >= 0.3 is 0 Å². The summed E-state index contributed by atoms with van der Waals surface area (Å²) in [5.41, 5.74) is 0. The van der Waals surface area contributed by atoms with Crippen molar-refractivity contribution in [2.45, 2.75) is 90.6 Å². The standard InChI is InChI=1S/C20H43O5PS/c1-3-5-6-7-8-9-10-11-12-13-15-25-18-20(21)19-27(4-2)17-14-16-26(22,23)24/h20-21H,3-19H2,1-2H3,(H-,22,23,24). The Labute approximate surface area is 170 Å². The Bertz CT molecular complexity index is 364. The normalized spacial score (nSPS) is 16.2. The Kier molecular flexibility index (Phi) is 18.7. The molecule has 0 heterocycles. The van der Waals surface area contributed by atoms with Gasteiger partial charge in [-0.05, 0) is 30.7 Å². The fourth-order valence-corrected chi connectivity index (χ4v) is 5.70. The van der Waals surface area contributed by atoms with E-state index in [-0.39, 0.29) is 17.1 Å². The summed E-state index contributed by atoms with van der Waals surface area (Å²) in [6.07, 6.45) is 12.8. The zero-order valence-corrected chi connectivity index (χ0v) is 19.3. The van der Waals surface area contributed by atoms with Gasteiger partial charge in [-0.2, -0.15) is 0 Å². The molecule has 0 aliphatic heterocycles. The highest BCUT2D eigenvalue weighted by atomic mass is 32.2. The van der Waals surface area contributed by atoms with Gasteiger partial charge in [-0.15, -0.1) is 0 Å². The van der Waals surface area contributed by atoms with E-state index >= 15 is 0 Å². The van der Waals surface area contributed by atoms with Crippen molar-refractivity contribution in [2.75, 3.05) is 36.6 Å². The topological polar surface area (TPSA) is 89.8 Å². The van der Waals surface area contributed by atoms with Crippen molar-refractivity contribution in [1.82, 2.24) is 0 Å². The van der Waals surface area contributed by atoms with E-state index in [0.29, 0.717) is 25.4 Å². The SMILES string of the molecule is CCCCCCCCCCCCOCC(O)C[S+](CC)CCCP(=O)([O-])O. The van der Waals surface area contributed by atoms with Gasteiger partial charge in [0.15, 0.2) is 0 Å². The summed E-state index contributed by atoms with van der Waals surface area (Å²) < 4.78 is 16.4. The summed E-state index contributed by atoms with van der Waals surface area (Å²) in [6.45, 7) is 5.37. The van der Waals surface area contributed by atoms with E-state index in [4.69, 9.17) is 9.63 Å². The van der Waals surface area contributed by atoms with Crippen LogP contribution in [0.25, 0.3) is 0 Å². The Morgan fingerprint density at radius 3 is 2.04 bits per heavy atom. The maximum absolute atomic E-state index is 10.8. The summed E-state index contributed by atoms with van der Waals surface area (Å²) >= 11 is 0. The minimum atomic E-state index is -4.14. The number of hydrogen-bond donors (Lipinski definition) is 2. The van der Waals surface area contributed by atoms with Gasteiger partial charge < -0.3 is 24.2 Å². The highest BCUT2D eigenvalue weighted by Crippen LogP contribution is 2.29. The summed E-state index contributed by atoms with van der Waals surface area (Å²) in [4.78, 5) is 19.6. The highest BCUT2D eigenvalue weighted by Gasteiger charge is 2.21. The van der Waals surface area contributed by atoms with E-state index in [1.54, 1.807) is 0 Å². The van der Waals surface area contributed by atoms with Crippen molar-refractivity contribution in [3.05, 3.63) is 0 Å². The van der Waals surface area contributed by atoms with Crippen LogP contribution in [0.2, 0.25) is 0 Å². The third kappa shape index (κ3) is 21.0. The molecule has 0 saturated heterocycles. The molecule has 0 spiro atoms. The van der Waals surface area contributed by atoms with Crippen LogP contribution in [-0.2, 0) is 20.2 Å². The van der Waals surface area contributed by atoms with Crippen LogP contribution >= 0.6 is 7.60 Å². The molecule has 5 nitrogen and oxygen atoms in total. The largest absolute Gasteiger partial charge is 0.779 e. The molecule has 2 N–H and O–H groups in total. The lowest BCUT2D eigenvalue weighted by atomic mass is 10.1. The van der Waals surface area contributed by atoms with Crippen molar-refractivity contribution in [2.24, 2.45) is 0 Å². The molecule has 0 amide bonds. The van der Waals surface area contributed by atoms with Crippen LogP contribution < -0.4 is 4.89 Å². The van der Waals surface area contributed by atoms with Gasteiger partial charge in [0.2, 0.25) is 0 Å². The van der Waals surface area contributed by atoms with Crippen molar-refractivity contribution < 1.29 is 24.2 Å². The number of unbranched alkanes of at least 4 members (excludes halogenated alkanes) is 9. The summed E-state index contributed by atoms with van der Waals surface area (Å²) in [5, 5.41) is 10.1. The fourth-order valence-electron chi connectivity index (χ4n) is 3.05. The first kappa shape index (κ1) is 27.4. The van der Waals surface area contributed by atoms with Crippen LogP contribution in [0.1, 0.15) is 84.5 Å². The molecule has 7 heteroatoms. The molecule has 27 heavy (non-hydrogen) atoms. The molecule has 164 valence electrons. The average molecular weight is 427 g/mol. The lowest BCUT2D eigenvalue weighted by molar-refractivity contribution is -0.193. The van der Waals surface area contributed by atoms with Crippen LogP contribution in [0, 0.1) is 0 Å². The molecular weight excluding hydrogens is 383 g/mol. The van der Waals surface area contributed by atoms with E-state index in [1.165, 1.54) is 57.8 Å². The van der Waals surface area contributed by atoms with Crippen molar-refractivity contribution in [3.8, 4) is 0 Å². The van der Waals surface area contributed by atoms with Crippen LogP contribution in [0.5, 0.6) is 0 Å². The van der Waals surface area contributed by atoms with Gasteiger partial charge in [0, 0.05) is 12.8 Å². The first-order valence-corrected chi connectivity index (χ1v) is 14.3. The van der Waals surface area contributed by atoms with Crippen molar-refractivity contribution in [1.29, 1.82) is 0 Å². The molecule has 0 saturated carbocycles. The van der Waals surface area contributed by atoms with Gasteiger partial charge in [-0.3, -0.25) is 0 Å². The van der Waals surface area contributed by atoms with Gasteiger partial charge in [0.25, 0.3) is 0 Å². The number of ether oxygens (including phenoxy) is 1. The predicted octanol–water partition coefficient (Wildman–Crippen LogP) is 3.86. The van der Waals surface area contributed by atoms with Crippen LogP contribution in [0.15, 0.2) is 0 Å². The predicted molar refractivity (Wildman–Crippen MR) is 116 cm³/mol. The number of rotatable bonds is 20. The van der Waals surface area contributed by atoms with E-state index in [9.17, 15) is 14.6 Å². The highest BCUT2D eigenvalue weighted by molar-refractivity contribution is 7.96. The number of hydrogen-bond acceptors (Lipinski definition) is 4. The average Bonchev–Trinajstić information content (AvgIpc) is 2.60. The molecule has 0 aromatic heterocycles. The first-order valence-electron chi connectivity index (χ1n) is 10.8. The van der Waals surface area contributed by atoms with Gasteiger partial charge in [0.1, 0.15) is 31.0 Å². The Hall–Kier alpha value is 0.420. The third-order valence-electron chi connectivity index (χ3n) is 4.66. The zero-order chi connectivity index (χ0) is 20.4. The second kappa shape index (κ2) is 18.4. The molecule has 0 aromatic rings. The second-order valence-electron chi connectivity index (χ2n) is 7.40. The Morgan fingerprint density at radius 2 is 1.52 bits per heavy atom. The zero-order valence-electron chi connectivity index (χ0n) is 17.6. The minimum Gasteiger partial charge on any atom is -0.779 e. The van der Waals surface area contributed by atoms with E-state index in [0.717, 1.165) is 17.9 Å². The van der Waals surface area contributed by atoms with Crippen LogP contribution in [0.4, 0.5) is 0 Å². The van der Waals surface area contributed by atoms with Gasteiger partial charge in [0.05, 0.1) is 6.61 Å².